The molecule has 5 amide bonds. The van der Waals surface area contributed by atoms with Crippen LogP contribution in [0.4, 0.5) is 16.2 Å². The van der Waals surface area contributed by atoms with E-state index in [4.69, 9.17) is 18.9 Å². The van der Waals surface area contributed by atoms with Crippen LogP contribution in [0.3, 0.4) is 0 Å². The van der Waals surface area contributed by atoms with Gasteiger partial charge in [-0.05, 0) is 90.7 Å². The van der Waals surface area contributed by atoms with Crippen molar-refractivity contribution in [3.05, 3.63) is 75.8 Å². The number of imide groups is 2. The summed E-state index contributed by atoms with van der Waals surface area (Å²) in [6, 6.07) is 14.3. The monoisotopic (exact) mass is 679 g/mol. The first-order chi connectivity index (χ1) is 21.7. The van der Waals surface area contributed by atoms with Crippen LogP contribution in [-0.2, 0) is 14.4 Å². The van der Waals surface area contributed by atoms with E-state index in [2.05, 4.69) is 26.6 Å². The molecule has 0 unspecified atom stereocenters. The Kier molecular flexibility index (Phi) is 11.2. The molecular weight excluding hydrogens is 646 g/mol. The Morgan fingerprint density at radius 1 is 0.911 bits per heavy atom. The Balaban J connectivity index is 1.60. The zero-order chi connectivity index (χ0) is 32.5. The van der Waals surface area contributed by atoms with Gasteiger partial charge in [0.1, 0.15) is 5.57 Å². The maximum absolute atomic E-state index is 13.6. The van der Waals surface area contributed by atoms with Crippen molar-refractivity contribution >= 4 is 57.1 Å². The second-order valence-corrected chi connectivity index (χ2v) is 10.6. The minimum Gasteiger partial charge on any atom is -0.490 e. The van der Waals surface area contributed by atoms with Gasteiger partial charge in [-0.1, -0.05) is 25.1 Å². The number of anilines is 2. The van der Waals surface area contributed by atoms with E-state index >= 15 is 0 Å². The van der Waals surface area contributed by atoms with Gasteiger partial charge in [-0.15, -0.1) is 0 Å². The summed E-state index contributed by atoms with van der Waals surface area (Å²) >= 11 is 3.46. The smallest absolute Gasteiger partial charge is 0.335 e. The summed E-state index contributed by atoms with van der Waals surface area (Å²) in [6.07, 6.45) is 2.13. The van der Waals surface area contributed by atoms with Gasteiger partial charge in [-0.25, -0.2) is 9.69 Å². The molecular formula is C33H34BrN3O8. The summed E-state index contributed by atoms with van der Waals surface area (Å²) in [5.74, 6) is -0.655. The standard InChI is InChI=1S/C33H34BrN3O8/c1-5-14-44-26-13-12-22(18-27(26)42-6-2)37-32(40)23(31(39)36-33(37)41)15-21-16-24(34)30(28(17-21)43-7-3)45-19-29(38)35-25-11-9-8-10-20(25)4/h8-13,15-18H,5-7,14,19H2,1-4H3,(H,35,38)(H,36,39,41)/b23-15+. The van der Waals surface area contributed by atoms with Crippen LogP contribution in [0.2, 0.25) is 0 Å². The number of para-hydroxylation sites is 1. The Hall–Kier alpha value is -4.84. The highest BCUT2D eigenvalue weighted by molar-refractivity contribution is 9.10. The van der Waals surface area contributed by atoms with Gasteiger partial charge in [0.2, 0.25) is 0 Å². The van der Waals surface area contributed by atoms with Gasteiger partial charge in [0.15, 0.2) is 29.6 Å². The molecule has 0 atom stereocenters. The highest BCUT2D eigenvalue weighted by Crippen LogP contribution is 2.38. The SMILES string of the molecule is CCCOc1ccc(N2C(=O)NC(=O)/C(=C\c3cc(Br)c(OCC(=O)Nc4ccccc4C)c(OCC)c3)C2=O)cc1OCC. The van der Waals surface area contributed by atoms with Crippen LogP contribution < -0.4 is 34.5 Å². The molecule has 0 aromatic heterocycles. The molecule has 1 aliphatic rings. The van der Waals surface area contributed by atoms with Crippen molar-refractivity contribution in [3.63, 3.8) is 0 Å². The average molecular weight is 681 g/mol. The molecule has 1 fully saturated rings. The Bertz CT molecular complexity index is 1640. The van der Waals surface area contributed by atoms with Crippen molar-refractivity contribution < 1.29 is 38.1 Å². The van der Waals surface area contributed by atoms with Crippen molar-refractivity contribution in [1.29, 1.82) is 0 Å². The lowest BCUT2D eigenvalue weighted by Crippen LogP contribution is -2.54. The first kappa shape index (κ1) is 33.1. The summed E-state index contributed by atoms with van der Waals surface area (Å²) < 4.78 is 23.4. The number of halogens is 1. The van der Waals surface area contributed by atoms with Crippen LogP contribution in [0.15, 0.2) is 64.6 Å². The van der Waals surface area contributed by atoms with Gasteiger partial charge in [0.05, 0.1) is 30.0 Å². The molecule has 0 spiro atoms. The van der Waals surface area contributed by atoms with E-state index in [0.29, 0.717) is 40.4 Å². The number of carbonyl (C=O) groups excluding carboxylic acids is 4. The Morgan fingerprint density at radius 2 is 1.64 bits per heavy atom. The number of urea groups is 1. The number of hydrogen-bond donors (Lipinski definition) is 2. The predicted octanol–water partition coefficient (Wildman–Crippen LogP) is 6.03. The van der Waals surface area contributed by atoms with E-state index in [1.54, 1.807) is 44.2 Å². The molecule has 3 aromatic rings. The van der Waals surface area contributed by atoms with E-state index in [9.17, 15) is 19.2 Å². The summed E-state index contributed by atoms with van der Waals surface area (Å²) in [5, 5.41) is 5.04. The minimum absolute atomic E-state index is 0.201. The molecule has 45 heavy (non-hydrogen) atoms. The molecule has 12 heteroatoms. The first-order valence-electron chi connectivity index (χ1n) is 14.4. The van der Waals surface area contributed by atoms with E-state index in [1.807, 2.05) is 32.0 Å². The molecule has 1 aliphatic heterocycles. The van der Waals surface area contributed by atoms with Crippen molar-refractivity contribution in [3.8, 4) is 23.0 Å². The molecule has 1 heterocycles. The van der Waals surface area contributed by atoms with Crippen LogP contribution in [0, 0.1) is 6.92 Å². The van der Waals surface area contributed by atoms with Gasteiger partial charge < -0.3 is 24.3 Å². The van der Waals surface area contributed by atoms with Crippen LogP contribution in [-0.4, -0.2) is 50.2 Å². The third kappa shape index (κ3) is 8.01. The maximum Gasteiger partial charge on any atom is 0.335 e. The number of hydrogen-bond acceptors (Lipinski definition) is 8. The number of amides is 5. The molecule has 0 bridgehead atoms. The molecule has 1 saturated heterocycles. The molecule has 236 valence electrons. The fraction of sp³-hybridized carbons (Fsp3) is 0.273. The fourth-order valence-corrected chi connectivity index (χ4v) is 4.98. The zero-order valence-corrected chi connectivity index (χ0v) is 27.0. The lowest BCUT2D eigenvalue weighted by Gasteiger charge is -2.27. The number of carbonyl (C=O) groups is 4. The van der Waals surface area contributed by atoms with Gasteiger partial charge in [-0.2, -0.15) is 0 Å². The average Bonchev–Trinajstić information content (AvgIpc) is 3.00. The second kappa shape index (κ2) is 15.2. The quantitative estimate of drug-likeness (QED) is 0.165. The number of rotatable bonds is 13. The van der Waals surface area contributed by atoms with Crippen molar-refractivity contribution in [2.45, 2.75) is 34.1 Å². The van der Waals surface area contributed by atoms with Crippen LogP contribution >= 0.6 is 15.9 Å². The highest BCUT2D eigenvalue weighted by Gasteiger charge is 2.37. The number of barbiturate groups is 1. The molecule has 0 saturated carbocycles. The predicted molar refractivity (Wildman–Crippen MR) is 173 cm³/mol. The van der Waals surface area contributed by atoms with Crippen molar-refractivity contribution in [2.75, 3.05) is 36.6 Å². The molecule has 2 N–H and O–H groups in total. The summed E-state index contributed by atoms with van der Waals surface area (Å²) in [7, 11) is 0. The second-order valence-electron chi connectivity index (χ2n) is 9.79. The number of aryl methyl sites for hydroxylation is 1. The Labute approximate surface area is 269 Å². The zero-order valence-electron chi connectivity index (χ0n) is 25.4. The van der Waals surface area contributed by atoms with E-state index in [1.165, 1.54) is 12.1 Å². The molecule has 4 rings (SSSR count). The van der Waals surface area contributed by atoms with E-state index in [-0.39, 0.29) is 41.9 Å². The first-order valence-corrected chi connectivity index (χ1v) is 15.2. The minimum atomic E-state index is -0.893. The van der Waals surface area contributed by atoms with Crippen LogP contribution in [0.1, 0.15) is 38.3 Å². The topological polar surface area (TPSA) is 132 Å². The highest BCUT2D eigenvalue weighted by atomic mass is 79.9. The molecule has 3 aromatic carbocycles. The van der Waals surface area contributed by atoms with Gasteiger partial charge >= 0.3 is 6.03 Å². The van der Waals surface area contributed by atoms with Crippen molar-refractivity contribution in [1.82, 2.24) is 5.32 Å². The molecule has 11 nitrogen and oxygen atoms in total. The van der Waals surface area contributed by atoms with Crippen LogP contribution in [0.5, 0.6) is 23.0 Å². The summed E-state index contributed by atoms with van der Waals surface area (Å²) in [6.45, 7) is 8.23. The Morgan fingerprint density at radius 3 is 2.36 bits per heavy atom. The fourth-order valence-electron chi connectivity index (χ4n) is 4.41. The van der Waals surface area contributed by atoms with Gasteiger partial charge in [-0.3, -0.25) is 19.7 Å². The van der Waals surface area contributed by atoms with Gasteiger partial charge in [0, 0.05) is 11.8 Å². The van der Waals surface area contributed by atoms with Crippen LogP contribution in [0.25, 0.3) is 6.08 Å². The third-order valence-corrected chi connectivity index (χ3v) is 7.05. The normalized spacial score (nSPS) is 13.8. The number of nitrogens with one attached hydrogen (secondary N) is 2. The maximum atomic E-state index is 13.6. The summed E-state index contributed by atoms with van der Waals surface area (Å²) in [4.78, 5) is 52.7. The van der Waals surface area contributed by atoms with Crippen molar-refractivity contribution in [2.24, 2.45) is 0 Å². The number of ether oxygens (including phenoxy) is 4. The molecule has 0 aliphatic carbocycles. The third-order valence-electron chi connectivity index (χ3n) is 6.46. The number of nitrogens with zero attached hydrogens (tertiary/aromatic N) is 1. The van der Waals surface area contributed by atoms with E-state index < -0.39 is 17.8 Å². The summed E-state index contributed by atoms with van der Waals surface area (Å²) in [5.41, 5.74) is 1.92. The lowest BCUT2D eigenvalue weighted by atomic mass is 10.1. The molecule has 0 radical (unpaired) electrons. The largest absolute Gasteiger partial charge is 0.490 e. The van der Waals surface area contributed by atoms with Gasteiger partial charge in [0.25, 0.3) is 17.7 Å². The number of benzene rings is 3. The van der Waals surface area contributed by atoms with E-state index in [0.717, 1.165) is 16.9 Å². The lowest BCUT2D eigenvalue weighted by molar-refractivity contribution is -0.122.